The van der Waals surface area contributed by atoms with Crippen molar-refractivity contribution >= 4 is 45.5 Å². The molecule has 0 bridgehead atoms. The fourth-order valence-corrected chi connectivity index (χ4v) is 4.13. The zero-order chi connectivity index (χ0) is 21.4. The Labute approximate surface area is 180 Å². The summed E-state index contributed by atoms with van der Waals surface area (Å²) < 4.78 is 5.30. The fraction of sp³-hybridized carbons (Fsp3) is 0.150. The number of rotatable bonds is 4. The molecule has 2 aromatic heterocycles. The van der Waals surface area contributed by atoms with Gasteiger partial charge in [-0.15, -0.1) is 10.2 Å². The first-order chi connectivity index (χ1) is 14.4. The Hall–Kier alpha value is -3.30. The van der Waals surface area contributed by atoms with Crippen molar-refractivity contribution in [2.75, 3.05) is 12.0 Å². The Bertz CT molecular complexity index is 1180. The number of aromatic nitrogens is 3. The van der Waals surface area contributed by atoms with Crippen LogP contribution in [0.3, 0.4) is 0 Å². The van der Waals surface area contributed by atoms with Crippen LogP contribution < -0.4 is 9.64 Å². The lowest BCUT2D eigenvalue weighted by atomic mass is 9.98. The topological polar surface area (TPSA) is 106 Å². The van der Waals surface area contributed by atoms with Gasteiger partial charge >= 0.3 is 5.91 Å². The number of halogens is 1. The number of benzene rings is 1. The molecule has 0 radical (unpaired) electrons. The first-order valence-corrected chi connectivity index (χ1v) is 9.97. The number of aliphatic hydroxyl groups excluding tert-OH is 1. The minimum absolute atomic E-state index is 0.132. The Morgan fingerprint density at radius 1 is 1.23 bits per heavy atom. The van der Waals surface area contributed by atoms with E-state index in [9.17, 15) is 14.7 Å². The Kier molecular flexibility index (Phi) is 5.23. The lowest BCUT2D eigenvalue weighted by Crippen LogP contribution is -2.29. The molecular formula is C20H15ClN4O4S. The number of pyridine rings is 1. The molecule has 1 fully saturated rings. The van der Waals surface area contributed by atoms with Gasteiger partial charge in [0.25, 0.3) is 5.78 Å². The van der Waals surface area contributed by atoms with Crippen LogP contribution in [-0.4, -0.2) is 39.1 Å². The van der Waals surface area contributed by atoms with Crippen LogP contribution in [0.1, 0.15) is 22.3 Å². The molecule has 1 atom stereocenters. The number of amides is 1. The van der Waals surface area contributed by atoms with Gasteiger partial charge in [-0.3, -0.25) is 19.5 Å². The Balaban J connectivity index is 1.98. The van der Waals surface area contributed by atoms with E-state index in [1.54, 1.807) is 43.5 Å². The van der Waals surface area contributed by atoms with E-state index in [1.165, 1.54) is 18.1 Å². The number of ether oxygens (including phenoxy) is 1. The maximum Gasteiger partial charge on any atom is 0.302 e. The predicted octanol–water partition coefficient (Wildman–Crippen LogP) is 3.53. The fourth-order valence-electron chi connectivity index (χ4n) is 3.24. The highest BCUT2D eigenvalue weighted by Gasteiger charge is 2.49. The molecule has 1 N–H and O–H groups in total. The largest absolute Gasteiger partial charge is 0.507 e. The number of Topliss-reactive ketones (excluding diaryl/α,β-unsaturated/α-hetero) is 1. The molecule has 0 spiro atoms. The van der Waals surface area contributed by atoms with Gasteiger partial charge in [0.05, 0.1) is 23.9 Å². The van der Waals surface area contributed by atoms with Crippen molar-refractivity contribution in [1.29, 1.82) is 0 Å². The summed E-state index contributed by atoms with van der Waals surface area (Å²) in [5, 5.41) is 20.3. The third kappa shape index (κ3) is 3.31. The van der Waals surface area contributed by atoms with Crippen LogP contribution >= 0.6 is 22.9 Å². The first kappa shape index (κ1) is 20.0. The molecule has 30 heavy (non-hydrogen) atoms. The standard InChI is InChI=1S/C20H15ClN4O4S/c1-10-23-24-20(30-10)25-16(13-5-3-4-8-22-13)15(18(27)19(25)28)17(26)12-9-11(21)6-7-14(12)29-2/h3-9,16,26H,1-2H3/b17-15+/t16-/m1/s1. The van der Waals surface area contributed by atoms with E-state index in [2.05, 4.69) is 15.2 Å². The molecule has 8 nitrogen and oxygen atoms in total. The Morgan fingerprint density at radius 2 is 2.03 bits per heavy atom. The summed E-state index contributed by atoms with van der Waals surface area (Å²) in [6.45, 7) is 1.74. The minimum atomic E-state index is -0.984. The molecule has 3 heterocycles. The summed E-state index contributed by atoms with van der Waals surface area (Å²) in [5.74, 6) is -1.80. The highest BCUT2D eigenvalue weighted by Crippen LogP contribution is 2.43. The van der Waals surface area contributed by atoms with Crippen molar-refractivity contribution in [1.82, 2.24) is 15.2 Å². The molecule has 1 amide bonds. The van der Waals surface area contributed by atoms with E-state index in [0.29, 0.717) is 21.5 Å². The highest BCUT2D eigenvalue weighted by atomic mass is 35.5. The maximum absolute atomic E-state index is 13.0. The second kappa shape index (κ2) is 7.85. The molecule has 1 aliphatic heterocycles. The van der Waals surface area contributed by atoms with E-state index >= 15 is 0 Å². The van der Waals surface area contributed by atoms with Crippen LogP contribution in [0.2, 0.25) is 5.02 Å². The molecule has 1 aromatic carbocycles. The molecule has 0 aliphatic carbocycles. The molecule has 1 saturated heterocycles. The number of aryl methyl sites for hydroxylation is 1. The van der Waals surface area contributed by atoms with Crippen molar-refractivity contribution < 1.29 is 19.4 Å². The zero-order valence-electron chi connectivity index (χ0n) is 15.9. The summed E-state index contributed by atoms with van der Waals surface area (Å²) in [6.07, 6.45) is 1.54. The SMILES string of the molecule is COc1ccc(Cl)cc1/C(O)=C1\C(=O)C(=O)N(c2nnc(C)s2)[C@@H]1c1ccccn1. The van der Waals surface area contributed by atoms with Crippen LogP contribution in [0.5, 0.6) is 5.75 Å². The van der Waals surface area contributed by atoms with E-state index in [0.717, 1.165) is 11.3 Å². The second-order valence-electron chi connectivity index (χ2n) is 6.37. The quantitative estimate of drug-likeness (QED) is 0.374. The van der Waals surface area contributed by atoms with Crippen molar-refractivity contribution in [2.45, 2.75) is 13.0 Å². The lowest BCUT2D eigenvalue weighted by Gasteiger charge is -2.21. The number of hydrogen-bond donors (Lipinski definition) is 1. The van der Waals surface area contributed by atoms with Gasteiger partial charge in [-0.2, -0.15) is 0 Å². The van der Waals surface area contributed by atoms with Gasteiger partial charge in [0, 0.05) is 11.2 Å². The normalized spacial score (nSPS) is 18.1. The third-order valence-electron chi connectivity index (χ3n) is 4.55. The van der Waals surface area contributed by atoms with Gasteiger partial charge in [0.2, 0.25) is 5.13 Å². The average molecular weight is 443 g/mol. The van der Waals surface area contributed by atoms with Crippen molar-refractivity contribution in [3.63, 3.8) is 0 Å². The summed E-state index contributed by atoms with van der Waals surface area (Å²) in [7, 11) is 1.43. The number of ketones is 1. The average Bonchev–Trinajstić information content (AvgIpc) is 3.29. The number of carbonyl (C=O) groups excluding carboxylic acids is 2. The number of nitrogens with zero attached hydrogens (tertiary/aromatic N) is 4. The van der Waals surface area contributed by atoms with Gasteiger partial charge in [0.1, 0.15) is 22.6 Å². The monoisotopic (exact) mass is 442 g/mol. The van der Waals surface area contributed by atoms with Gasteiger partial charge in [0.15, 0.2) is 0 Å². The maximum atomic E-state index is 13.0. The van der Waals surface area contributed by atoms with Crippen molar-refractivity contribution in [3.8, 4) is 5.75 Å². The number of methoxy groups -OCH3 is 1. The molecule has 3 aromatic rings. The third-order valence-corrected chi connectivity index (χ3v) is 5.62. The van der Waals surface area contributed by atoms with Gasteiger partial charge < -0.3 is 9.84 Å². The van der Waals surface area contributed by atoms with E-state index < -0.39 is 23.5 Å². The van der Waals surface area contributed by atoms with Gasteiger partial charge in [-0.1, -0.05) is 29.0 Å². The van der Waals surface area contributed by atoms with Crippen LogP contribution in [0.15, 0.2) is 48.2 Å². The molecular weight excluding hydrogens is 428 g/mol. The summed E-state index contributed by atoms with van der Waals surface area (Å²) in [6, 6.07) is 8.75. The van der Waals surface area contributed by atoms with E-state index in [1.807, 2.05) is 0 Å². The molecule has 0 saturated carbocycles. The number of hydrogen-bond acceptors (Lipinski definition) is 8. The smallest absolute Gasteiger partial charge is 0.302 e. The molecule has 10 heteroatoms. The van der Waals surface area contributed by atoms with E-state index in [-0.39, 0.29) is 16.3 Å². The van der Waals surface area contributed by atoms with Gasteiger partial charge in [-0.25, -0.2) is 0 Å². The Morgan fingerprint density at radius 3 is 2.67 bits per heavy atom. The molecule has 1 aliphatic rings. The predicted molar refractivity (Wildman–Crippen MR) is 112 cm³/mol. The zero-order valence-corrected chi connectivity index (χ0v) is 17.4. The number of anilines is 1. The summed E-state index contributed by atoms with van der Waals surface area (Å²) in [5.41, 5.74) is 0.455. The number of aliphatic hydroxyl groups is 1. The lowest BCUT2D eigenvalue weighted by molar-refractivity contribution is -0.132. The minimum Gasteiger partial charge on any atom is -0.507 e. The molecule has 4 rings (SSSR count). The van der Waals surface area contributed by atoms with E-state index in [4.69, 9.17) is 16.3 Å². The van der Waals surface area contributed by atoms with Crippen molar-refractivity contribution in [2.24, 2.45) is 0 Å². The molecule has 152 valence electrons. The van der Waals surface area contributed by atoms with Crippen LogP contribution in [0, 0.1) is 6.92 Å². The van der Waals surface area contributed by atoms with Crippen LogP contribution in [-0.2, 0) is 9.59 Å². The molecule has 0 unspecified atom stereocenters. The number of carbonyl (C=O) groups is 2. The van der Waals surface area contributed by atoms with Crippen LogP contribution in [0.25, 0.3) is 5.76 Å². The van der Waals surface area contributed by atoms with Crippen molar-refractivity contribution in [3.05, 3.63) is 69.5 Å². The summed E-state index contributed by atoms with van der Waals surface area (Å²) in [4.78, 5) is 31.5. The summed E-state index contributed by atoms with van der Waals surface area (Å²) >= 11 is 7.25. The first-order valence-electron chi connectivity index (χ1n) is 8.78. The van der Waals surface area contributed by atoms with Crippen LogP contribution in [0.4, 0.5) is 5.13 Å². The highest BCUT2D eigenvalue weighted by molar-refractivity contribution is 7.15. The van der Waals surface area contributed by atoms with Gasteiger partial charge in [-0.05, 0) is 37.3 Å². The second-order valence-corrected chi connectivity index (χ2v) is 7.97.